The highest BCUT2D eigenvalue weighted by atomic mass is 32.2. The summed E-state index contributed by atoms with van der Waals surface area (Å²) in [5, 5.41) is 7.16. The number of carbonyl (C=O) groups excluding carboxylic acids is 1. The highest BCUT2D eigenvalue weighted by molar-refractivity contribution is 7.90. The Kier molecular flexibility index (Phi) is 5.15. The van der Waals surface area contributed by atoms with Crippen LogP contribution in [-0.4, -0.2) is 30.4 Å². The van der Waals surface area contributed by atoms with Crippen molar-refractivity contribution in [2.45, 2.75) is 30.7 Å². The zero-order chi connectivity index (χ0) is 21.5. The van der Waals surface area contributed by atoms with Crippen molar-refractivity contribution in [1.29, 1.82) is 0 Å². The Bertz CT molecular complexity index is 1240. The Morgan fingerprint density at radius 3 is 2.50 bits per heavy atom. The van der Waals surface area contributed by atoms with Gasteiger partial charge in [-0.15, -0.1) is 0 Å². The van der Waals surface area contributed by atoms with Gasteiger partial charge in [-0.05, 0) is 49.1 Å². The van der Waals surface area contributed by atoms with Gasteiger partial charge in [-0.3, -0.25) is 4.79 Å². The zero-order valence-corrected chi connectivity index (χ0v) is 17.0. The maximum atomic E-state index is 13.7. The minimum Gasteiger partial charge on any atom is -0.347 e. The van der Waals surface area contributed by atoms with E-state index in [0.717, 1.165) is 41.6 Å². The van der Waals surface area contributed by atoms with Crippen LogP contribution < -0.4 is 5.32 Å². The van der Waals surface area contributed by atoms with E-state index in [1.807, 2.05) is 0 Å². The first kappa shape index (κ1) is 20.2. The molecular formula is C21H19F2N3O3S. The molecule has 0 spiro atoms. The highest BCUT2D eigenvalue weighted by Gasteiger charge is 2.27. The maximum Gasteiger partial charge on any atom is 0.272 e. The largest absolute Gasteiger partial charge is 0.347 e. The van der Waals surface area contributed by atoms with Crippen molar-refractivity contribution < 1.29 is 22.0 Å². The molecule has 0 saturated carbocycles. The third-order valence-corrected chi connectivity index (χ3v) is 6.23. The van der Waals surface area contributed by atoms with Crippen LogP contribution in [-0.2, 0) is 29.2 Å². The van der Waals surface area contributed by atoms with E-state index >= 15 is 0 Å². The first-order valence-electron chi connectivity index (χ1n) is 9.37. The molecule has 1 N–H and O–H groups in total. The van der Waals surface area contributed by atoms with E-state index in [1.54, 1.807) is 12.1 Å². The number of amides is 1. The smallest absolute Gasteiger partial charge is 0.272 e. The molecule has 0 bridgehead atoms. The van der Waals surface area contributed by atoms with Crippen LogP contribution in [0.5, 0.6) is 0 Å². The zero-order valence-electron chi connectivity index (χ0n) is 16.2. The number of benzene rings is 2. The molecule has 1 heterocycles. The average Bonchev–Trinajstić information content (AvgIpc) is 3.31. The predicted octanol–water partition coefficient (Wildman–Crippen LogP) is 2.97. The van der Waals surface area contributed by atoms with Gasteiger partial charge >= 0.3 is 0 Å². The van der Waals surface area contributed by atoms with Gasteiger partial charge in [-0.2, -0.15) is 5.10 Å². The van der Waals surface area contributed by atoms with Crippen molar-refractivity contribution in [1.82, 2.24) is 15.1 Å². The summed E-state index contributed by atoms with van der Waals surface area (Å²) in [6.07, 6.45) is 3.37. The lowest BCUT2D eigenvalue weighted by Crippen LogP contribution is -2.24. The second-order valence-corrected chi connectivity index (χ2v) is 9.25. The normalized spacial score (nSPS) is 13.3. The first-order valence-corrected chi connectivity index (χ1v) is 11.3. The molecule has 156 valence electrons. The second-order valence-electron chi connectivity index (χ2n) is 7.24. The number of nitrogens with zero attached hydrogens (tertiary/aromatic N) is 2. The molecular weight excluding hydrogens is 412 g/mol. The number of hydrogen-bond donors (Lipinski definition) is 1. The standard InChI is InChI=1S/C21H19F2N3O3S/c1-30(28,29)15-8-5-13(6-9-15)12-24-21(27)20-16-3-2-4-19(16)26(25-20)14-7-10-17(22)18(23)11-14/h5-11H,2-4,12H2,1H3,(H,24,27). The third-order valence-electron chi connectivity index (χ3n) is 5.10. The van der Waals surface area contributed by atoms with Gasteiger partial charge in [-0.25, -0.2) is 21.9 Å². The molecule has 1 aliphatic rings. The van der Waals surface area contributed by atoms with Gasteiger partial charge in [0.25, 0.3) is 5.91 Å². The van der Waals surface area contributed by atoms with Gasteiger partial charge < -0.3 is 5.32 Å². The summed E-state index contributed by atoms with van der Waals surface area (Å²) in [6.45, 7) is 0.204. The topological polar surface area (TPSA) is 81.1 Å². The van der Waals surface area contributed by atoms with Crippen LogP contribution in [0.15, 0.2) is 47.4 Å². The molecule has 2 aromatic carbocycles. The Hall–Kier alpha value is -3.07. The quantitative estimate of drug-likeness (QED) is 0.674. The Morgan fingerprint density at radius 2 is 1.83 bits per heavy atom. The minimum atomic E-state index is -3.28. The van der Waals surface area contributed by atoms with E-state index in [2.05, 4.69) is 10.4 Å². The predicted molar refractivity (Wildman–Crippen MR) is 106 cm³/mol. The second kappa shape index (κ2) is 7.64. The van der Waals surface area contributed by atoms with Gasteiger partial charge in [0.2, 0.25) is 0 Å². The number of carbonyl (C=O) groups is 1. The van der Waals surface area contributed by atoms with Gasteiger partial charge in [0.1, 0.15) is 0 Å². The summed E-state index contributed by atoms with van der Waals surface area (Å²) in [5.41, 5.74) is 3.00. The summed E-state index contributed by atoms with van der Waals surface area (Å²) < 4.78 is 51.5. The molecule has 1 amide bonds. The van der Waals surface area contributed by atoms with Crippen LogP contribution in [0.4, 0.5) is 8.78 Å². The lowest BCUT2D eigenvalue weighted by molar-refractivity contribution is 0.0944. The summed E-state index contributed by atoms with van der Waals surface area (Å²) in [4.78, 5) is 13.0. The summed E-state index contributed by atoms with van der Waals surface area (Å²) in [5.74, 6) is -2.29. The van der Waals surface area contributed by atoms with Crippen molar-refractivity contribution in [3.63, 3.8) is 0 Å². The third kappa shape index (κ3) is 3.85. The van der Waals surface area contributed by atoms with Gasteiger partial charge in [0, 0.05) is 30.1 Å². The van der Waals surface area contributed by atoms with Crippen LogP contribution in [0.2, 0.25) is 0 Å². The van der Waals surface area contributed by atoms with Gasteiger partial charge in [0.15, 0.2) is 27.2 Å². The van der Waals surface area contributed by atoms with Crippen LogP contribution in [0.25, 0.3) is 5.69 Å². The Morgan fingerprint density at radius 1 is 1.10 bits per heavy atom. The molecule has 30 heavy (non-hydrogen) atoms. The number of hydrogen-bond acceptors (Lipinski definition) is 4. The maximum absolute atomic E-state index is 13.7. The molecule has 0 radical (unpaired) electrons. The molecule has 1 aromatic heterocycles. The van der Waals surface area contributed by atoms with Gasteiger partial charge in [0.05, 0.1) is 10.6 Å². The summed E-state index contributed by atoms with van der Waals surface area (Å²) in [6, 6.07) is 9.79. The SMILES string of the molecule is CS(=O)(=O)c1ccc(CNC(=O)c2nn(-c3ccc(F)c(F)c3)c3c2CCC3)cc1. The fourth-order valence-corrected chi connectivity index (χ4v) is 4.20. The average molecular weight is 431 g/mol. The van der Waals surface area contributed by atoms with Crippen molar-refractivity contribution in [2.24, 2.45) is 0 Å². The minimum absolute atomic E-state index is 0.204. The molecule has 1 aliphatic carbocycles. The van der Waals surface area contributed by atoms with E-state index in [-0.39, 0.29) is 23.0 Å². The lowest BCUT2D eigenvalue weighted by atomic mass is 10.2. The highest BCUT2D eigenvalue weighted by Crippen LogP contribution is 2.28. The van der Waals surface area contributed by atoms with Crippen LogP contribution >= 0.6 is 0 Å². The number of nitrogens with one attached hydrogen (secondary N) is 1. The first-order chi connectivity index (χ1) is 14.2. The molecule has 6 nitrogen and oxygen atoms in total. The number of sulfone groups is 1. The Balaban J connectivity index is 1.55. The number of aromatic nitrogens is 2. The number of halogens is 2. The van der Waals surface area contributed by atoms with E-state index in [4.69, 9.17) is 0 Å². The van der Waals surface area contributed by atoms with Crippen molar-refractivity contribution in [2.75, 3.05) is 6.26 Å². The molecule has 0 aliphatic heterocycles. The van der Waals surface area contributed by atoms with E-state index < -0.39 is 21.5 Å². The molecule has 0 fully saturated rings. The van der Waals surface area contributed by atoms with E-state index in [0.29, 0.717) is 18.5 Å². The van der Waals surface area contributed by atoms with Gasteiger partial charge in [-0.1, -0.05) is 12.1 Å². The lowest BCUT2D eigenvalue weighted by Gasteiger charge is -2.07. The Labute approximate surface area is 172 Å². The van der Waals surface area contributed by atoms with Crippen molar-refractivity contribution in [3.05, 3.63) is 76.6 Å². The van der Waals surface area contributed by atoms with E-state index in [1.165, 1.54) is 22.9 Å². The summed E-state index contributed by atoms with van der Waals surface area (Å²) >= 11 is 0. The summed E-state index contributed by atoms with van der Waals surface area (Å²) in [7, 11) is -3.28. The molecule has 0 atom stereocenters. The van der Waals surface area contributed by atoms with Crippen LogP contribution in [0, 0.1) is 11.6 Å². The molecule has 0 unspecified atom stereocenters. The molecule has 9 heteroatoms. The molecule has 4 rings (SSSR count). The monoisotopic (exact) mass is 431 g/mol. The van der Waals surface area contributed by atoms with Crippen molar-refractivity contribution in [3.8, 4) is 5.69 Å². The van der Waals surface area contributed by atoms with Crippen LogP contribution in [0.1, 0.15) is 33.7 Å². The molecule has 3 aromatic rings. The molecule has 0 saturated heterocycles. The fraction of sp³-hybridized carbons (Fsp3) is 0.238. The van der Waals surface area contributed by atoms with Crippen molar-refractivity contribution >= 4 is 15.7 Å². The number of rotatable bonds is 5. The van der Waals surface area contributed by atoms with E-state index in [9.17, 15) is 22.0 Å². The fourth-order valence-electron chi connectivity index (χ4n) is 3.57. The number of fused-ring (bicyclic) bond motifs is 1. The van der Waals surface area contributed by atoms with Crippen LogP contribution in [0.3, 0.4) is 0 Å².